The predicted octanol–water partition coefficient (Wildman–Crippen LogP) is 3.80. The third kappa shape index (κ3) is 3.17. The van der Waals surface area contributed by atoms with E-state index < -0.39 is 15.8 Å². The third-order valence-electron chi connectivity index (χ3n) is 4.60. The highest BCUT2D eigenvalue weighted by Crippen LogP contribution is 2.31. The zero-order valence-corrected chi connectivity index (χ0v) is 14.8. The zero-order valence-electron chi connectivity index (χ0n) is 13.2. The molecule has 4 nitrogen and oxygen atoms in total. The van der Waals surface area contributed by atoms with Crippen molar-refractivity contribution in [2.45, 2.75) is 30.2 Å². The summed E-state index contributed by atoms with van der Waals surface area (Å²) in [5, 5.41) is 1.74. The van der Waals surface area contributed by atoms with Crippen LogP contribution in [0, 0.1) is 5.82 Å². The van der Waals surface area contributed by atoms with Crippen LogP contribution in [0.4, 0.5) is 4.39 Å². The van der Waals surface area contributed by atoms with Gasteiger partial charge in [0.05, 0.1) is 4.90 Å². The van der Waals surface area contributed by atoms with E-state index in [1.165, 1.54) is 12.1 Å². The third-order valence-corrected chi connectivity index (χ3v) is 6.37. The monoisotopic (exact) mass is 378 g/mol. The minimum atomic E-state index is -3.67. The van der Waals surface area contributed by atoms with Gasteiger partial charge in [0.25, 0.3) is 0 Å². The lowest BCUT2D eigenvalue weighted by Gasteiger charge is -2.23. The van der Waals surface area contributed by atoms with Crippen molar-refractivity contribution in [3.63, 3.8) is 0 Å². The molecule has 0 bridgehead atoms. The maximum Gasteiger partial charge on any atom is 0.240 e. The molecule has 0 spiro atoms. The molecule has 1 heterocycles. The molecule has 3 aromatic rings. The minimum absolute atomic E-state index is 0.0744. The van der Waals surface area contributed by atoms with Crippen LogP contribution in [0.3, 0.4) is 0 Å². The maximum atomic E-state index is 13.0. The van der Waals surface area contributed by atoms with Crippen molar-refractivity contribution in [3.8, 4) is 0 Å². The molecule has 0 saturated heterocycles. The zero-order chi connectivity index (χ0) is 17.6. The first-order valence-corrected chi connectivity index (χ1v) is 9.85. The Morgan fingerprint density at radius 3 is 2.68 bits per heavy atom. The van der Waals surface area contributed by atoms with Gasteiger partial charge < -0.3 is 4.98 Å². The summed E-state index contributed by atoms with van der Waals surface area (Å²) < 4.78 is 40.8. The van der Waals surface area contributed by atoms with Crippen molar-refractivity contribution < 1.29 is 12.8 Å². The van der Waals surface area contributed by atoms with Gasteiger partial charge in [-0.1, -0.05) is 17.7 Å². The molecule has 1 aliphatic carbocycles. The first-order chi connectivity index (χ1) is 11.9. The number of rotatable bonds is 3. The summed E-state index contributed by atoms with van der Waals surface area (Å²) in [6.45, 7) is 0. The molecule has 130 valence electrons. The normalized spacial score (nSPS) is 17.6. The number of hydrogen-bond donors (Lipinski definition) is 2. The Labute approximate surface area is 150 Å². The molecule has 0 fully saturated rings. The van der Waals surface area contributed by atoms with Crippen molar-refractivity contribution in [2.24, 2.45) is 0 Å². The quantitative estimate of drug-likeness (QED) is 0.728. The number of hydrogen-bond acceptors (Lipinski definition) is 2. The number of fused-ring (bicyclic) bond motifs is 3. The van der Waals surface area contributed by atoms with Gasteiger partial charge in [-0.15, -0.1) is 0 Å². The molecule has 2 aromatic carbocycles. The molecule has 0 amide bonds. The highest BCUT2D eigenvalue weighted by molar-refractivity contribution is 7.89. The van der Waals surface area contributed by atoms with Crippen LogP contribution in [0.5, 0.6) is 0 Å². The molecular weight excluding hydrogens is 363 g/mol. The summed E-state index contributed by atoms with van der Waals surface area (Å²) in [6.07, 6.45) is 2.07. The Hall–Kier alpha value is -1.89. The molecule has 1 aromatic heterocycles. The fourth-order valence-electron chi connectivity index (χ4n) is 3.40. The number of H-pyrrole nitrogens is 1. The van der Waals surface area contributed by atoms with Crippen LogP contribution < -0.4 is 4.72 Å². The molecule has 7 heteroatoms. The van der Waals surface area contributed by atoms with E-state index in [0.29, 0.717) is 17.9 Å². The number of aromatic amines is 1. The smallest absolute Gasteiger partial charge is 0.240 e. The van der Waals surface area contributed by atoms with E-state index in [0.717, 1.165) is 40.7 Å². The van der Waals surface area contributed by atoms with Gasteiger partial charge in [0, 0.05) is 27.7 Å². The van der Waals surface area contributed by atoms with Crippen LogP contribution in [0.25, 0.3) is 10.9 Å². The Kier molecular flexibility index (Phi) is 4.06. The van der Waals surface area contributed by atoms with Crippen molar-refractivity contribution >= 4 is 32.5 Å². The second kappa shape index (κ2) is 6.12. The fraction of sp³-hybridized carbons (Fsp3) is 0.222. The molecule has 1 atom stereocenters. The summed E-state index contributed by atoms with van der Waals surface area (Å²) in [5.74, 6) is -0.460. The molecular formula is C18H16ClFN2O2S. The summed E-state index contributed by atoms with van der Waals surface area (Å²) in [7, 11) is -3.67. The van der Waals surface area contributed by atoms with Gasteiger partial charge >= 0.3 is 0 Å². The van der Waals surface area contributed by atoms with Crippen LogP contribution in [0.2, 0.25) is 5.02 Å². The van der Waals surface area contributed by atoms with Gasteiger partial charge in [0.1, 0.15) is 5.82 Å². The van der Waals surface area contributed by atoms with E-state index in [9.17, 15) is 12.8 Å². The standard InChI is InChI=1S/C18H16ClFN2O2S/c19-11-1-7-15-16-10-13(4-8-17(16)21-18(15)9-11)22-25(23,24)14-5-2-12(20)3-6-14/h1-3,5-7,9,13,21-22H,4,8,10H2. The summed E-state index contributed by atoms with van der Waals surface area (Å²) >= 11 is 6.04. The van der Waals surface area contributed by atoms with Gasteiger partial charge in [-0.25, -0.2) is 17.5 Å². The first kappa shape index (κ1) is 16.6. The van der Waals surface area contributed by atoms with Gasteiger partial charge in [0.2, 0.25) is 10.0 Å². The van der Waals surface area contributed by atoms with Gasteiger partial charge in [-0.2, -0.15) is 0 Å². The lowest BCUT2D eigenvalue weighted by atomic mass is 9.92. The van der Waals surface area contributed by atoms with Crippen LogP contribution >= 0.6 is 11.6 Å². The van der Waals surface area contributed by atoms with Crippen LogP contribution in [-0.4, -0.2) is 19.4 Å². The largest absolute Gasteiger partial charge is 0.358 e. The van der Waals surface area contributed by atoms with E-state index in [1.807, 2.05) is 18.2 Å². The van der Waals surface area contributed by atoms with E-state index in [2.05, 4.69) is 9.71 Å². The van der Waals surface area contributed by atoms with Crippen LogP contribution in [0.1, 0.15) is 17.7 Å². The first-order valence-electron chi connectivity index (χ1n) is 7.99. The highest BCUT2D eigenvalue weighted by Gasteiger charge is 2.26. The summed E-state index contributed by atoms with van der Waals surface area (Å²) in [5.41, 5.74) is 3.23. The highest BCUT2D eigenvalue weighted by atomic mass is 35.5. The van der Waals surface area contributed by atoms with E-state index in [-0.39, 0.29) is 10.9 Å². The average molecular weight is 379 g/mol. The van der Waals surface area contributed by atoms with Crippen LogP contribution in [0.15, 0.2) is 47.4 Å². The molecule has 1 unspecified atom stereocenters. The number of benzene rings is 2. The predicted molar refractivity (Wildman–Crippen MR) is 95.8 cm³/mol. The fourth-order valence-corrected chi connectivity index (χ4v) is 4.84. The van der Waals surface area contributed by atoms with Gasteiger partial charge in [-0.05, 0) is 61.2 Å². The maximum absolute atomic E-state index is 13.0. The Balaban J connectivity index is 1.60. The SMILES string of the molecule is O=S(=O)(NC1CCc2[nH]c3cc(Cl)ccc3c2C1)c1ccc(F)cc1. The number of aryl methyl sites for hydroxylation is 1. The van der Waals surface area contributed by atoms with Crippen molar-refractivity contribution in [3.05, 3.63) is 64.6 Å². The molecule has 0 radical (unpaired) electrons. The average Bonchev–Trinajstić information content (AvgIpc) is 2.91. The Bertz CT molecular complexity index is 1040. The molecule has 4 rings (SSSR count). The molecule has 0 saturated carbocycles. The number of aromatic nitrogens is 1. The minimum Gasteiger partial charge on any atom is -0.358 e. The van der Waals surface area contributed by atoms with E-state index in [1.54, 1.807) is 0 Å². The molecule has 25 heavy (non-hydrogen) atoms. The van der Waals surface area contributed by atoms with E-state index >= 15 is 0 Å². The molecule has 1 aliphatic rings. The van der Waals surface area contributed by atoms with Crippen molar-refractivity contribution in [2.75, 3.05) is 0 Å². The van der Waals surface area contributed by atoms with E-state index in [4.69, 9.17) is 11.6 Å². The molecule has 0 aliphatic heterocycles. The molecule has 2 N–H and O–H groups in total. The van der Waals surface area contributed by atoms with Crippen molar-refractivity contribution in [1.82, 2.24) is 9.71 Å². The second-order valence-electron chi connectivity index (χ2n) is 6.29. The number of sulfonamides is 1. The Morgan fingerprint density at radius 1 is 1.16 bits per heavy atom. The summed E-state index contributed by atoms with van der Waals surface area (Å²) in [6, 6.07) is 10.3. The van der Waals surface area contributed by atoms with Crippen LogP contribution in [-0.2, 0) is 22.9 Å². The Morgan fingerprint density at radius 2 is 1.92 bits per heavy atom. The van der Waals surface area contributed by atoms with Gasteiger partial charge in [0.15, 0.2) is 0 Å². The lowest BCUT2D eigenvalue weighted by molar-refractivity contribution is 0.506. The second-order valence-corrected chi connectivity index (χ2v) is 8.44. The number of nitrogens with one attached hydrogen (secondary N) is 2. The lowest BCUT2D eigenvalue weighted by Crippen LogP contribution is -2.38. The summed E-state index contributed by atoms with van der Waals surface area (Å²) in [4.78, 5) is 3.45. The van der Waals surface area contributed by atoms with Crippen molar-refractivity contribution in [1.29, 1.82) is 0 Å². The number of halogens is 2. The van der Waals surface area contributed by atoms with Gasteiger partial charge in [-0.3, -0.25) is 0 Å². The topological polar surface area (TPSA) is 62.0 Å².